The molecule has 1 N–H and O–H groups in total. The number of nitrogens with one attached hydrogen (secondary N) is 1. The van der Waals surface area contributed by atoms with E-state index in [1.807, 2.05) is 19.1 Å². The third-order valence-corrected chi connectivity index (χ3v) is 3.34. The van der Waals surface area contributed by atoms with Gasteiger partial charge in [0, 0.05) is 18.4 Å². The quantitative estimate of drug-likeness (QED) is 0.872. The van der Waals surface area contributed by atoms with Crippen LogP contribution in [0.5, 0.6) is 0 Å². The summed E-state index contributed by atoms with van der Waals surface area (Å²) in [6.07, 6.45) is 3.39. The molecule has 94 valence electrons. The largest absolute Gasteiger partial charge is 0.466 e. The molecular weight excluding hydrogens is 214 g/mol. The van der Waals surface area contributed by atoms with Crippen LogP contribution in [0, 0.1) is 12.8 Å². The fraction of sp³-hybridized carbons (Fsp3) is 0.643. The molecule has 3 nitrogen and oxygen atoms in total. The Morgan fingerprint density at radius 2 is 2.24 bits per heavy atom. The second-order valence-electron chi connectivity index (χ2n) is 5.62. The molecule has 0 aromatic carbocycles. The molecule has 2 rings (SSSR count). The fourth-order valence-electron chi connectivity index (χ4n) is 2.83. The summed E-state index contributed by atoms with van der Waals surface area (Å²) < 4.78 is 5.64. The first-order valence-electron chi connectivity index (χ1n) is 6.35. The lowest BCUT2D eigenvalue weighted by molar-refractivity contribution is -0.119. The molecule has 0 bridgehead atoms. The Hall–Kier alpha value is -1.25. The second kappa shape index (κ2) is 4.55. The number of amides is 1. The lowest BCUT2D eigenvalue weighted by Crippen LogP contribution is -2.44. The van der Waals surface area contributed by atoms with Gasteiger partial charge in [0.25, 0.3) is 0 Å². The molecule has 1 aromatic rings. The van der Waals surface area contributed by atoms with Gasteiger partial charge in [0.1, 0.15) is 11.5 Å². The summed E-state index contributed by atoms with van der Waals surface area (Å²) in [5.41, 5.74) is -0.0878. The Bertz CT molecular complexity index is 408. The predicted molar refractivity (Wildman–Crippen MR) is 66.7 cm³/mol. The van der Waals surface area contributed by atoms with Crippen molar-refractivity contribution in [1.82, 2.24) is 5.32 Å². The van der Waals surface area contributed by atoms with Crippen molar-refractivity contribution in [2.45, 2.75) is 52.0 Å². The van der Waals surface area contributed by atoms with E-state index in [9.17, 15) is 4.79 Å². The van der Waals surface area contributed by atoms with Crippen molar-refractivity contribution in [3.8, 4) is 0 Å². The third-order valence-electron chi connectivity index (χ3n) is 3.34. The number of hydrogen-bond donors (Lipinski definition) is 1. The Morgan fingerprint density at radius 1 is 1.47 bits per heavy atom. The predicted octanol–water partition coefficient (Wildman–Crippen LogP) is 2.83. The summed E-state index contributed by atoms with van der Waals surface area (Å²) in [5.74, 6) is 2.66. The van der Waals surface area contributed by atoms with E-state index in [1.54, 1.807) is 0 Å². The molecule has 17 heavy (non-hydrogen) atoms. The molecule has 1 aliphatic heterocycles. The number of hydrogen-bond acceptors (Lipinski definition) is 2. The van der Waals surface area contributed by atoms with Crippen molar-refractivity contribution in [3.05, 3.63) is 23.7 Å². The highest BCUT2D eigenvalue weighted by Gasteiger charge is 2.38. The topological polar surface area (TPSA) is 42.2 Å². The van der Waals surface area contributed by atoms with Crippen LogP contribution in [-0.2, 0) is 11.2 Å². The Balaban J connectivity index is 2.13. The van der Waals surface area contributed by atoms with Crippen LogP contribution in [-0.4, -0.2) is 11.4 Å². The number of carbonyl (C=O) groups is 1. The average molecular weight is 235 g/mol. The van der Waals surface area contributed by atoms with Gasteiger partial charge in [-0.15, -0.1) is 0 Å². The monoisotopic (exact) mass is 235 g/mol. The summed E-state index contributed by atoms with van der Waals surface area (Å²) in [4.78, 5) is 11.5. The van der Waals surface area contributed by atoms with Crippen molar-refractivity contribution in [2.24, 2.45) is 5.92 Å². The maximum absolute atomic E-state index is 11.5. The highest BCUT2D eigenvalue weighted by Crippen LogP contribution is 2.31. The number of rotatable bonds is 4. The second-order valence-corrected chi connectivity index (χ2v) is 5.62. The zero-order valence-electron chi connectivity index (χ0n) is 10.9. The highest BCUT2D eigenvalue weighted by molar-refractivity contribution is 5.79. The minimum Gasteiger partial charge on any atom is -0.466 e. The Kier molecular flexibility index (Phi) is 3.27. The van der Waals surface area contributed by atoms with E-state index in [0.29, 0.717) is 12.3 Å². The molecule has 0 saturated carbocycles. The van der Waals surface area contributed by atoms with Crippen molar-refractivity contribution in [1.29, 1.82) is 0 Å². The van der Waals surface area contributed by atoms with Crippen LogP contribution < -0.4 is 5.32 Å². The Labute approximate surface area is 103 Å². The van der Waals surface area contributed by atoms with Gasteiger partial charge in [-0.05, 0) is 37.8 Å². The maximum atomic E-state index is 11.5. The molecule has 2 heterocycles. The summed E-state index contributed by atoms with van der Waals surface area (Å²) >= 11 is 0. The van der Waals surface area contributed by atoms with E-state index < -0.39 is 0 Å². The first-order chi connectivity index (χ1) is 7.99. The average Bonchev–Trinajstić information content (AvgIpc) is 2.74. The van der Waals surface area contributed by atoms with E-state index in [0.717, 1.165) is 30.8 Å². The molecule has 0 radical (unpaired) electrons. The van der Waals surface area contributed by atoms with Crippen LogP contribution in [0.25, 0.3) is 0 Å². The van der Waals surface area contributed by atoms with Gasteiger partial charge in [0.15, 0.2) is 0 Å². The molecule has 1 aromatic heterocycles. The van der Waals surface area contributed by atoms with Crippen LogP contribution in [0.3, 0.4) is 0 Å². The fourth-order valence-corrected chi connectivity index (χ4v) is 2.83. The first-order valence-corrected chi connectivity index (χ1v) is 6.35. The van der Waals surface area contributed by atoms with Crippen LogP contribution in [0.15, 0.2) is 16.5 Å². The maximum Gasteiger partial charge on any atom is 0.220 e. The molecule has 1 saturated heterocycles. The van der Waals surface area contributed by atoms with E-state index >= 15 is 0 Å². The van der Waals surface area contributed by atoms with Crippen molar-refractivity contribution >= 4 is 5.91 Å². The van der Waals surface area contributed by atoms with Gasteiger partial charge in [-0.3, -0.25) is 4.79 Å². The molecular formula is C14H21NO2. The summed E-state index contributed by atoms with van der Waals surface area (Å²) in [7, 11) is 0. The van der Waals surface area contributed by atoms with Gasteiger partial charge in [0.05, 0.1) is 0 Å². The van der Waals surface area contributed by atoms with E-state index in [-0.39, 0.29) is 11.4 Å². The first kappa shape index (κ1) is 12.2. The minimum absolute atomic E-state index is 0.0878. The number of carbonyl (C=O) groups excluding carboxylic acids is 1. The molecule has 1 unspecified atom stereocenters. The lowest BCUT2D eigenvalue weighted by atomic mass is 9.84. The van der Waals surface area contributed by atoms with Crippen molar-refractivity contribution < 1.29 is 9.21 Å². The zero-order chi connectivity index (χ0) is 12.5. The van der Waals surface area contributed by atoms with Gasteiger partial charge in [0.2, 0.25) is 5.91 Å². The molecule has 1 amide bonds. The minimum atomic E-state index is -0.0878. The van der Waals surface area contributed by atoms with Gasteiger partial charge >= 0.3 is 0 Å². The standard InChI is InChI=1S/C14H21NO2/c1-10(2)8-14(7-6-13(16)15-14)9-12-5-4-11(3)17-12/h4-5,10H,6-9H2,1-3H3,(H,15,16). The summed E-state index contributed by atoms with van der Waals surface area (Å²) in [5, 5.41) is 3.16. The van der Waals surface area contributed by atoms with E-state index in [4.69, 9.17) is 4.42 Å². The Morgan fingerprint density at radius 3 is 2.71 bits per heavy atom. The van der Waals surface area contributed by atoms with Crippen LogP contribution in [0.1, 0.15) is 44.6 Å². The van der Waals surface area contributed by atoms with Crippen LogP contribution >= 0.6 is 0 Å². The van der Waals surface area contributed by atoms with Crippen LogP contribution in [0.4, 0.5) is 0 Å². The zero-order valence-corrected chi connectivity index (χ0v) is 10.9. The molecule has 1 atom stereocenters. The molecule has 0 aliphatic carbocycles. The normalized spacial score (nSPS) is 24.4. The highest BCUT2D eigenvalue weighted by atomic mass is 16.3. The third kappa shape index (κ3) is 2.90. The molecule has 1 aliphatic rings. The van der Waals surface area contributed by atoms with Gasteiger partial charge < -0.3 is 9.73 Å². The van der Waals surface area contributed by atoms with Gasteiger partial charge in [-0.25, -0.2) is 0 Å². The van der Waals surface area contributed by atoms with E-state index in [2.05, 4.69) is 19.2 Å². The van der Waals surface area contributed by atoms with Gasteiger partial charge in [-0.1, -0.05) is 13.8 Å². The van der Waals surface area contributed by atoms with Gasteiger partial charge in [-0.2, -0.15) is 0 Å². The number of aryl methyl sites for hydroxylation is 1. The number of furan rings is 1. The molecule has 3 heteroatoms. The van der Waals surface area contributed by atoms with E-state index in [1.165, 1.54) is 0 Å². The molecule has 0 spiro atoms. The smallest absolute Gasteiger partial charge is 0.220 e. The summed E-state index contributed by atoms with van der Waals surface area (Å²) in [6, 6.07) is 4.00. The lowest BCUT2D eigenvalue weighted by Gasteiger charge is -2.30. The van der Waals surface area contributed by atoms with Crippen LogP contribution in [0.2, 0.25) is 0 Å². The summed E-state index contributed by atoms with van der Waals surface area (Å²) in [6.45, 7) is 6.34. The van der Waals surface area contributed by atoms with Crippen molar-refractivity contribution in [2.75, 3.05) is 0 Å². The molecule has 1 fully saturated rings. The SMILES string of the molecule is Cc1ccc(CC2(CC(C)C)CCC(=O)N2)o1. The van der Waals surface area contributed by atoms with Crippen molar-refractivity contribution in [3.63, 3.8) is 0 Å².